The van der Waals surface area contributed by atoms with E-state index < -0.39 is 23.7 Å². The maximum Gasteiger partial charge on any atom is 0.305 e. The Bertz CT molecular complexity index is 379. The summed E-state index contributed by atoms with van der Waals surface area (Å²) in [6.07, 6.45) is -1.27. The van der Waals surface area contributed by atoms with E-state index in [-0.39, 0.29) is 18.4 Å². The minimum absolute atomic E-state index is 0.00690. The van der Waals surface area contributed by atoms with Crippen molar-refractivity contribution >= 4 is 5.97 Å². The number of ether oxygens (including phenoxy) is 1. The Morgan fingerprint density at radius 2 is 2.19 bits per heavy atom. The third-order valence-corrected chi connectivity index (χ3v) is 2.19. The number of carbonyl (C=O) groups excluding carboxylic acids is 1. The van der Waals surface area contributed by atoms with Gasteiger partial charge in [0.1, 0.15) is 0 Å². The molecule has 1 rings (SSSR count). The van der Waals surface area contributed by atoms with Gasteiger partial charge in [0.25, 0.3) is 0 Å². The second-order valence-electron chi connectivity index (χ2n) is 3.27. The average Bonchev–Trinajstić information content (AvgIpc) is 2.29. The summed E-state index contributed by atoms with van der Waals surface area (Å²) < 4.78 is 30.4. The van der Waals surface area contributed by atoms with E-state index in [1.165, 1.54) is 19.2 Å². The van der Waals surface area contributed by atoms with Gasteiger partial charge in [-0.15, -0.1) is 0 Å². The molecular formula is C11H12F2O3. The van der Waals surface area contributed by atoms with Gasteiger partial charge in [0.15, 0.2) is 11.6 Å². The number of aliphatic hydroxyl groups excluding tert-OH is 1. The summed E-state index contributed by atoms with van der Waals surface area (Å²) in [5.74, 6) is -2.61. The molecule has 0 bridgehead atoms. The van der Waals surface area contributed by atoms with Gasteiger partial charge in [-0.05, 0) is 12.5 Å². The van der Waals surface area contributed by atoms with Crippen molar-refractivity contribution in [2.75, 3.05) is 7.11 Å². The zero-order valence-corrected chi connectivity index (χ0v) is 8.74. The topological polar surface area (TPSA) is 46.5 Å². The molecule has 16 heavy (non-hydrogen) atoms. The van der Waals surface area contributed by atoms with E-state index in [9.17, 15) is 18.7 Å². The first-order chi connectivity index (χ1) is 7.56. The summed E-state index contributed by atoms with van der Waals surface area (Å²) in [7, 11) is 1.22. The lowest BCUT2D eigenvalue weighted by Crippen LogP contribution is -2.07. The van der Waals surface area contributed by atoms with E-state index in [4.69, 9.17) is 0 Å². The van der Waals surface area contributed by atoms with Crippen LogP contribution in [0, 0.1) is 11.6 Å². The van der Waals surface area contributed by atoms with Gasteiger partial charge in [-0.25, -0.2) is 8.78 Å². The van der Waals surface area contributed by atoms with E-state index >= 15 is 0 Å². The summed E-state index contributed by atoms with van der Waals surface area (Å²) in [5.41, 5.74) is -0.149. The molecule has 5 heteroatoms. The number of halogens is 2. The Kier molecular flexibility index (Phi) is 4.37. The Morgan fingerprint density at radius 1 is 1.50 bits per heavy atom. The van der Waals surface area contributed by atoms with E-state index in [1.54, 1.807) is 0 Å². The lowest BCUT2D eigenvalue weighted by atomic mass is 10.0. The highest BCUT2D eigenvalue weighted by Gasteiger charge is 2.16. The van der Waals surface area contributed by atoms with Crippen molar-refractivity contribution in [2.24, 2.45) is 0 Å². The van der Waals surface area contributed by atoms with Crippen LogP contribution >= 0.6 is 0 Å². The summed E-state index contributed by atoms with van der Waals surface area (Å²) in [6.45, 7) is 0. The maximum absolute atomic E-state index is 13.2. The molecule has 0 aliphatic rings. The third-order valence-electron chi connectivity index (χ3n) is 2.19. The molecule has 0 aromatic heterocycles. The van der Waals surface area contributed by atoms with Crippen LogP contribution in [-0.2, 0) is 9.53 Å². The lowest BCUT2D eigenvalue weighted by Gasteiger charge is -2.11. The van der Waals surface area contributed by atoms with Crippen LogP contribution in [0.2, 0.25) is 0 Å². The second-order valence-corrected chi connectivity index (χ2v) is 3.27. The van der Waals surface area contributed by atoms with Gasteiger partial charge in [-0.2, -0.15) is 0 Å². The van der Waals surface area contributed by atoms with Gasteiger partial charge < -0.3 is 9.84 Å². The third kappa shape index (κ3) is 3.00. The number of hydrogen-bond acceptors (Lipinski definition) is 3. The molecule has 0 saturated heterocycles. The summed E-state index contributed by atoms with van der Waals surface area (Å²) in [4.78, 5) is 10.8. The predicted molar refractivity (Wildman–Crippen MR) is 52.6 cm³/mol. The van der Waals surface area contributed by atoms with Gasteiger partial charge in [0.05, 0.1) is 13.2 Å². The first-order valence-corrected chi connectivity index (χ1v) is 4.75. The van der Waals surface area contributed by atoms with E-state index in [0.29, 0.717) is 0 Å². The monoisotopic (exact) mass is 230 g/mol. The molecule has 88 valence electrons. The smallest absolute Gasteiger partial charge is 0.305 e. The summed E-state index contributed by atoms with van der Waals surface area (Å²) >= 11 is 0. The molecule has 1 unspecified atom stereocenters. The van der Waals surface area contributed by atoms with Crippen LogP contribution in [0.25, 0.3) is 0 Å². The van der Waals surface area contributed by atoms with Crippen molar-refractivity contribution < 1.29 is 23.4 Å². The zero-order valence-electron chi connectivity index (χ0n) is 8.74. The van der Waals surface area contributed by atoms with E-state index in [1.807, 2.05) is 0 Å². The van der Waals surface area contributed by atoms with Gasteiger partial charge in [-0.3, -0.25) is 4.79 Å². The summed E-state index contributed by atoms with van der Waals surface area (Å²) in [5, 5.41) is 9.56. The van der Waals surface area contributed by atoms with Crippen LogP contribution in [-0.4, -0.2) is 18.2 Å². The number of esters is 1. The molecule has 0 saturated carbocycles. The highest BCUT2D eigenvalue weighted by molar-refractivity contribution is 5.69. The molecular weight excluding hydrogens is 218 g/mol. The number of rotatable bonds is 4. The zero-order chi connectivity index (χ0) is 12.1. The Balaban J connectivity index is 2.69. The average molecular weight is 230 g/mol. The molecule has 0 amide bonds. The molecule has 1 aromatic carbocycles. The standard InChI is InChI=1S/C11H12F2O3/c1-16-10(15)6-5-9(14)7-3-2-4-8(12)11(7)13/h2-4,9,14H,5-6H2,1H3. The molecule has 0 aliphatic carbocycles. The van der Waals surface area contributed by atoms with Crippen molar-refractivity contribution in [2.45, 2.75) is 18.9 Å². The summed E-state index contributed by atoms with van der Waals surface area (Å²) in [6, 6.07) is 3.54. The molecule has 0 fully saturated rings. The van der Waals surface area contributed by atoms with Crippen molar-refractivity contribution in [1.82, 2.24) is 0 Å². The van der Waals surface area contributed by atoms with E-state index in [2.05, 4.69) is 4.74 Å². The van der Waals surface area contributed by atoms with Crippen molar-refractivity contribution in [3.8, 4) is 0 Å². The molecule has 1 aromatic rings. The fourth-order valence-electron chi connectivity index (χ4n) is 1.29. The largest absolute Gasteiger partial charge is 0.469 e. The number of methoxy groups -OCH3 is 1. The van der Waals surface area contributed by atoms with Crippen LogP contribution in [0.1, 0.15) is 24.5 Å². The normalized spacial score (nSPS) is 12.2. The van der Waals surface area contributed by atoms with Crippen molar-refractivity contribution in [1.29, 1.82) is 0 Å². The Morgan fingerprint density at radius 3 is 2.81 bits per heavy atom. The lowest BCUT2D eigenvalue weighted by molar-refractivity contribution is -0.141. The second kappa shape index (κ2) is 5.55. The molecule has 1 N–H and O–H groups in total. The van der Waals surface area contributed by atoms with Crippen LogP contribution in [0.3, 0.4) is 0 Å². The van der Waals surface area contributed by atoms with E-state index in [0.717, 1.165) is 6.07 Å². The minimum atomic E-state index is -1.21. The molecule has 1 atom stereocenters. The Labute approximate surface area is 91.7 Å². The molecule has 0 radical (unpaired) electrons. The number of hydrogen-bond donors (Lipinski definition) is 1. The number of aliphatic hydroxyl groups is 1. The van der Waals surface area contributed by atoms with Gasteiger partial charge in [-0.1, -0.05) is 12.1 Å². The van der Waals surface area contributed by atoms with Gasteiger partial charge in [0.2, 0.25) is 0 Å². The van der Waals surface area contributed by atoms with Crippen LogP contribution < -0.4 is 0 Å². The van der Waals surface area contributed by atoms with Crippen LogP contribution in [0.4, 0.5) is 8.78 Å². The predicted octanol–water partition coefficient (Wildman–Crippen LogP) is 1.95. The number of benzene rings is 1. The molecule has 0 spiro atoms. The fraction of sp³-hybridized carbons (Fsp3) is 0.364. The maximum atomic E-state index is 13.2. The van der Waals surface area contributed by atoms with Crippen LogP contribution in [0.15, 0.2) is 18.2 Å². The first-order valence-electron chi connectivity index (χ1n) is 4.75. The first kappa shape index (κ1) is 12.6. The molecule has 0 aliphatic heterocycles. The quantitative estimate of drug-likeness (QED) is 0.804. The van der Waals surface area contributed by atoms with Gasteiger partial charge in [0, 0.05) is 12.0 Å². The fourth-order valence-corrected chi connectivity index (χ4v) is 1.29. The highest BCUT2D eigenvalue weighted by Crippen LogP contribution is 2.22. The molecule has 0 heterocycles. The van der Waals surface area contributed by atoms with Crippen molar-refractivity contribution in [3.63, 3.8) is 0 Å². The minimum Gasteiger partial charge on any atom is -0.469 e. The Hall–Kier alpha value is -1.49. The SMILES string of the molecule is COC(=O)CCC(O)c1cccc(F)c1F. The number of carbonyl (C=O) groups is 1. The van der Waals surface area contributed by atoms with Crippen LogP contribution in [0.5, 0.6) is 0 Å². The highest BCUT2D eigenvalue weighted by atomic mass is 19.2. The van der Waals surface area contributed by atoms with Gasteiger partial charge >= 0.3 is 5.97 Å². The van der Waals surface area contributed by atoms with Crippen molar-refractivity contribution in [3.05, 3.63) is 35.4 Å². The molecule has 3 nitrogen and oxygen atoms in total.